The summed E-state index contributed by atoms with van der Waals surface area (Å²) in [5, 5.41) is 0.796. The Morgan fingerprint density at radius 3 is 2.67 bits per heavy atom. The first-order valence-corrected chi connectivity index (χ1v) is 7.98. The predicted octanol–water partition coefficient (Wildman–Crippen LogP) is 2.71. The molecule has 0 atom stereocenters. The molecule has 0 aliphatic carbocycles. The first-order valence-electron chi connectivity index (χ1n) is 7.98. The minimum absolute atomic E-state index is 0.120. The minimum atomic E-state index is -0.543. The van der Waals surface area contributed by atoms with Gasteiger partial charge in [-0.2, -0.15) is 0 Å². The minimum Gasteiger partial charge on any atom is -0.460 e. The molecule has 0 fully saturated rings. The van der Waals surface area contributed by atoms with Gasteiger partial charge in [-0.25, -0.2) is 9.59 Å². The van der Waals surface area contributed by atoms with Crippen molar-refractivity contribution in [3.8, 4) is 0 Å². The molecule has 0 spiro atoms. The second kappa shape index (κ2) is 6.43. The van der Waals surface area contributed by atoms with Gasteiger partial charge >= 0.3 is 12.1 Å². The zero-order chi connectivity index (χ0) is 17.3. The van der Waals surface area contributed by atoms with Gasteiger partial charge in [-0.1, -0.05) is 0 Å². The number of nitrogen functional groups attached to an aromatic ring is 1. The maximum absolute atomic E-state index is 12.2. The second-order valence-corrected chi connectivity index (χ2v) is 5.51. The van der Waals surface area contributed by atoms with E-state index in [9.17, 15) is 9.59 Å². The van der Waals surface area contributed by atoms with E-state index < -0.39 is 12.1 Å². The highest BCUT2D eigenvalue weighted by Crippen LogP contribution is 2.36. The van der Waals surface area contributed by atoms with Crippen molar-refractivity contribution >= 4 is 28.7 Å². The molecule has 128 valence electrons. The molecule has 3 rings (SSSR count). The van der Waals surface area contributed by atoms with Gasteiger partial charge in [0.15, 0.2) is 0 Å². The fourth-order valence-corrected chi connectivity index (χ4v) is 3.01. The molecule has 0 bridgehead atoms. The van der Waals surface area contributed by atoms with Crippen molar-refractivity contribution in [2.75, 3.05) is 25.5 Å². The van der Waals surface area contributed by atoms with E-state index in [1.54, 1.807) is 30.9 Å². The number of nitrogens with two attached hydrogens (primary N) is 1. The third kappa shape index (κ3) is 2.66. The number of carbonyl (C=O) groups excluding carboxylic acids is 2. The molecule has 7 heteroatoms. The Kier molecular flexibility index (Phi) is 4.33. The van der Waals surface area contributed by atoms with Crippen LogP contribution in [0.15, 0.2) is 16.5 Å². The number of furan rings is 1. The van der Waals surface area contributed by atoms with E-state index in [0.717, 1.165) is 10.9 Å². The van der Waals surface area contributed by atoms with Crippen LogP contribution in [0, 0.1) is 0 Å². The number of esters is 1. The average molecular weight is 332 g/mol. The number of hydrogen-bond donors (Lipinski definition) is 1. The van der Waals surface area contributed by atoms with Crippen molar-refractivity contribution in [3.63, 3.8) is 0 Å². The van der Waals surface area contributed by atoms with Crippen LogP contribution in [-0.2, 0) is 22.4 Å². The average Bonchev–Trinajstić information content (AvgIpc) is 2.79. The first kappa shape index (κ1) is 16.2. The molecule has 2 aromatic rings. The van der Waals surface area contributed by atoms with E-state index in [1.165, 1.54) is 0 Å². The Hall–Kier alpha value is -2.70. The van der Waals surface area contributed by atoms with Gasteiger partial charge in [0, 0.05) is 23.2 Å². The maximum Gasteiger partial charge on any atom is 0.410 e. The molecular weight excluding hydrogens is 312 g/mol. The molecule has 24 heavy (non-hydrogen) atoms. The Balaban J connectivity index is 2.12. The first-order chi connectivity index (χ1) is 11.6. The molecule has 0 unspecified atom stereocenters. The number of amides is 1. The summed E-state index contributed by atoms with van der Waals surface area (Å²) in [5.74, 6) is -0.422. The third-order valence-electron chi connectivity index (χ3n) is 4.07. The quantitative estimate of drug-likeness (QED) is 0.686. The van der Waals surface area contributed by atoms with Crippen molar-refractivity contribution < 1.29 is 23.5 Å². The predicted molar refractivity (Wildman–Crippen MR) is 87.7 cm³/mol. The number of hydrogen-bond acceptors (Lipinski definition) is 6. The molecule has 1 aromatic heterocycles. The van der Waals surface area contributed by atoms with E-state index in [4.69, 9.17) is 19.6 Å². The number of nitrogens with zero attached hydrogens (tertiary/aromatic N) is 1. The van der Waals surface area contributed by atoms with Gasteiger partial charge in [-0.3, -0.25) is 0 Å². The van der Waals surface area contributed by atoms with Crippen molar-refractivity contribution in [2.24, 2.45) is 0 Å². The van der Waals surface area contributed by atoms with Crippen LogP contribution in [0.4, 0.5) is 10.5 Å². The van der Waals surface area contributed by atoms with Gasteiger partial charge in [0.2, 0.25) is 5.76 Å². The zero-order valence-electron chi connectivity index (χ0n) is 13.8. The summed E-state index contributed by atoms with van der Waals surface area (Å²) in [5.41, 5.74) is 8.79. The molecule has 0 saturated carbocycles. The highest BCUT2D eigenvalue weighted by molar-refractivity contribution is 5.99. The van der Waals surface area contributed by atoms with Gasteiger partial charge < -0.3 is 24.5 Å². The second-order valence-electron chi connectivity index (χ2n) is 5.51. The standard InChI is InChI=1S/C17H20N2O5/c1-3-22-16(20)15-11-9-19(17(21)23-4-2)8-7-10-12(18)5-6-13(24-15)14(10)11/h5-6H,3-4,7-9,18H2,1-2H3. The van der Waals surface area contributed by atoms with Gasteiger partial charge in [-0.15, -0.1) is 0 Å². The fourth-order valence-electron chi connectivity index (χ4n) is 3.01. The summed E-state index contributed by atoms with van der Waals surface area (Å²) in [7, 11) is 0. The van der Waals surface area contributed by atoms with E-state index >= 15 is 0 Å². The van der Waals surface area contributed by atoms with Crippen LogP contribution in [0.3, 0.4) is 0 Å². The molecule has 2 heterocycles. The van der Waals surface area contributed by atoms with E-state index in [0.29, 0.717) is 29.8 Å². The number of ether oxygens (including phenoxy) is 2. The monoisotopic (exact) mass is 332 g/mol. The summed E-state index contributed by atoms with van der Waals surface area (Å²) in [4.78, 5) is 26.0. The SMILES string of the molecule is CCOC(=O)c1oc2ccc(N)c3c2c1CN(C(=O)OCC)CC3. The fraction of sp³-hybridized carbons (Fsp3) is 0.412. The molecule has 1 aromatic carbocycles. The molecular formula is C17H20N2O5. The van der Waals surface area contributed by atoms with Crippen LogP contribution in [0.2, 0.25) is 0 Å². The smallest absolute Gasteiger partial charge is 0.410 e. The van der Waals surface area contributed by atoms with E-state index in [1.807, 2.05) is 0 Å². The number of anilines is 1. The molecule has 1 amide bonds. The molecule has 7 nitrogen and oxygen atoms in total. The lowest BCUT2D eigenvalue weighted by atomic mass is 10.0. The summed E-state index contributed by atoms with van der Waals surface area (Å²) >= 11 is 0. The van der Waals surface area contributed by atoms with Crippen LogP contribution in [0.25, 0.3) is 11.0 Å². The highest BCUT2D eigenvalue weighted by Gasteiger charge is 2.30. The molecule has 1 aliphatic rings. The summed E-state index contributed by atoms with van der Waals surface area (Å²) in [6.07, 6.45) is 0.143. The molecule has 2 N–H and O–H groups in total. The third-order valence-corrected chi connectivity index (χ3v) is 4.07. The van der Waals surface area contributed by atoms with Gasteiger partial charge in [-0.05, 0) is 38.0 Å². The number of rotatable bonds is 3. The topological polar surface area (TPSA) is 95.0 Å². The van der Waals surface area contributed by atoms with E-state index in [2.05, 4.69) is 0 Å². The number of carbonyl (C=O) groups is 2. The van der Waals surface area contributed by atoms with Crippen LogP contribution < -0.4 is 5.73 Å². The summed E-state index contributed by atoms with van der Waals surface area (Å²) in [6.45, 7) is 4.69. The lowest BCUT2D eigenvalue weighted by Gasteiger charge is -2.19. The van der Waals surface area contributed by atoms with Crippen LogP contribution in [0.1, 0.15) is 35.5 Å². The Morgan fingerprint density at radius 2 is 1.96 bits per heavy atom. The summed E-state index contributed by atoms with van der Waals surface area (Å²) in [6, 6.07) is 3.49. The molecule has 0 saturated heterocycles. The Morgan fingerprint density at radius 1 is 1.21 bits per heavy atom. The van der Waals surface area contributed by atoms with Gasteiger partial charge in [0.1, 0.15) is 5.58 Å². The summed E-state index contributed by atoms with van der Waals surface area (Å²) < 4.78 is 15.9. The van der Waals surface area contributed by atoms with E-state index in [-0.39, 0.29) is 25.5 Å². The van der Waals surface area contributed by atoms with Crippen LogP contribution >= 0.6 is 0 Å². The highest BCUT2D eigenvalue weighted by atomic mass is 16.6. The van der Waals surface area contributed by atoms with Gasteiger partial charge in [0.25, 0.3) is 0 Å². The Bertz CT molecular complexity index is 796. The Labute approximate surface area is 139 Å². The van der Waals surface area contributed by atoms with Gasteiger partial charge in [0.05, 0.1) is 19.8 Å². The lowest BCUT2D eigenvalue weighted by Crippen LogP contribution is -2.32. The van der Waals surface area contributed by atoms with Crippen LogP contribution in [0.5, 0.6) is 0 Å². The largest absolute Gasteiger partial charge is 0.460 e. The lowest BCUT2D eigenvalue weighted by molar-refractivity contribution is 0.0487. The van der Waals surface area contributed by atoms with Crippen molar-refractivity contribution in [1.82, 2.24) is 4.90 Å². The normalized spacial score (nSPS) is 13.7. The van der Waals surface area contributed by atoms with Crippen molar-refractivity contribution in [1.29, 1.82) is 0 Å². The molecule has 1 aliphatic heterocycles. The maximum atomic E-state index is 12.2. The van der Waals surface area contributed by atoms with Crippen LogP contribution in [-0.4, -0.2) is 36.7 Å². The molecule has 0 radical (unpaired) electrons. The van der Waals surface area contributed by atoms with Crippen molar-refractivity contribution in [3.05, 3.63) is 29.0 Å². The number of benzene rings is 1. The zero-order valence-corrected chi connectivity index (χ0v) is 13.8. The van der Waals surface area contributed by atoms with Crippen molar-refractivity contribution in [2.45, 2.75) is 26.8 Å².